The van der Waals surface area contributed by atoms with Gasteiger partial charge in [0.2, 0.25) is 0 Å². The van der Waals surface area contributed by atoms with Crippen LogP contribution in [-0.2, 0) is 0 Å². The number of rotatable bonds is 7. The van der Waals surface area contributed by atoms with Crippen LogP contribution in [-0.4, -0.2) is 31.5 Å². The van der Waals surface area contributed by atoms with Crippen molar-refractivity contribution in [3.63, 3.8) is 0 Å². The molecule has 1 saturated heterocycles. The molecule has 2 aromatic rings. The molecule has 1 aliphatic heterocycles. The molecule has 6 nitrogen and oxygen atoms in total. The minimum Gasteiger partial charge on any atom is -0.385 e. The number of nitrogens with zero attached hydrogens (tertiary/aromatic N) is 1. The Morgan fingerprint density at radius 1 is 1.10 bits per heavy atom. The number of nitrogens with one attached hydrogen (secondary N) is 4. The van der Waals surface area contributed by atoms with E-state index in [9.17, 15) is 4.79 Å². The molecular weight excluding hydrogens is 362 g/mol. The Labute approximate surface area is 172 Å². The molecule has 0 atom stereocenters. The molecule has 29 heavy (non-hydrogen) atoms. The van der Waals surface area contributed by atoms with Crippen LogP contribution >= 0.6 is 0 Å². The van der Waals surface area contributed by atoms with Crippen molar-refractivity contribution in [3.05, 3.63) is 53.6 Å². The van der Waals surface area contributed by atoms with Gasteiger partial charge in [-0.1, -0.05) is 19.9 Å². The molecule has 1 saturated carbocycles. The first kappa shape index (κ1) is 19.3. The summed E-state index contributed by atoms with van der Waals surface area (Å²) in [6.07, 6.45) is 2.33. The first-order chi connectivity index (χ1) is 14.1. The molecule has 1 aliphatic carbocycles. The van der Waals surface area contributed by atoms with Crippen LogP contribution in [0.15, 0.2) is 47.5 Å². The molecule has 0 radical (unpaired) electrons. The van der Waals surface area contributed by atoms with Gasteiger partial charge in [0.25, 0.3) is 5.91 Å². The van der Waals surface area contributed by atoms with Crippen LogP contribution in [0.5, 0.6) is 0 Å². The first-order valence-electron chi connectivity index (χ1n) is 10.4. The Morgan fingerprint density at radius 3 is 2.59 bits per heavy atom. The number of carbonyl (C=O) groups excluding carboxylic acids is 1. The molecule has 6 heteroatoms. The number of hydrogen-bond acceptors (Lipinski definition) is 3. The van der Waals surface area contributed by atoms with E-state index in [1.165, 1.54) is 18.4 Å². The lowest BCUT2D eigenvalue weighted by Gasteiger charge is -2.15. The molecule has 4 rings (SSSR count). The third kappa shape index (κ3) is 5.08. The van der Waals surface area contributed by atoms with E-state index in [4.69, 9.17) is 0 Å². The van der Waals surface area contributed by atoms with Gasteiger partial charge < -0.3 is 21.3 Å². The van der Waals surface area contributed by atoms with E-state index in [0.717, 1.165) is 36.7 Å². The number of anilines is 3. The second-order valence-electron chi connectivity index (χ2n) is 8.18. The summed E-state index contributed by atoms with van der Waals surface area (Å²) >= 11 is 0. The van der Waals surface area contributed by atoms with Gasteiger partial charge in [-0.25, -0.2) is 0 Å². The molecule has 2 aliphatic rings. The number of guanidine groups is 1. The fourth-order valence-corrected chi connectivity index (χ4v) is 3.40. The zero-order valence-corrected chi connectivity index (χ0v) is 17.1. The zero-order chi connectivity index (χ0) is 20.2. The third-order valence-electron chi connectivity index (χ3n) is 5.09. The van der Waals surface area contributed by atoms with E-state index in [1.54, 1.807) is 0 Å². The fraction of sp³-hybridized carbons (Fsp3) is 0.391. The van der Waals surface area contributed by atoms with Gasteiger partial charge in [0, 0.05) is 42.3 Å². The summed E-state index contributed by atoms with van der Waals surface area (Å²) in [5, 5.41) is 13.2. The highest BCUT2D eigenvalue weighted by molar-refractivity contribution is 6.03. The molecule has 0 spiro atoms. The molecule has 0 aromatic heterocycles. The average Bonchev–Trinajstić information content (AvgIpc) is 3.43. The Balaban J connectivity index is 1.53. The normalized spacial score (nSPS) is 15.6. The third-order valence-corrected chi connectivity index (χ3v) is 5.09. The van der Waals surface area contributed by atoms with Gasteiger partial charge in [-0.3, -0.25) is 4.79 Å². The van der Waals surface area contributed by atoms with E-state index < -0.39 is 0 Å². The number of amides is 1. The van der Waals surface area contributed by atoms with Crippen molar-refractivity contribution < 1.29 is 4.79 Å². The van der Waals surface area contributed by atoms with Gasteiger partial charge in [0.15, 0.2) is 5.96 Å². The van der Waals surface area contributed by atoms with E-state index in [2.05, 4.69) is 64.4 Å². The molecule has 0 unspecified atom stereocenters. The smallest absolute Gasteiger partial charge is 0.280 e. The maximum Gasteiger partial charge on any atom is 0.280 e. The van der Waals surface area contributed by atoms with Gasteiger partial charge >= 0.3 is 0 Å². The van der Waals surface area contributed by atoms with Crippen LogP contribution in [0.1, 0.15) is 48.5 Å². The Kier molecular flexibility index (Phi) is 5.69. The molecular formula is C23H29N5O. The number of carbonyl (C=O) groups is 1. The van der Waals surface area contributed by atoms with E-state index in [0.29, 0.717) is 23.4 Å². The van der Waals surface area contributed by atoms with Crippen LogP contribution in [0.3, 0.4) is 0 Å². The van der Waals surface area contributed by atoms with Crippen molar-refractivity contribution in [2.24, 2.45) is 10.9 Å². The quantitative estimate of drug-likeness (QED) is 0.572. The van der Waals surface area contributed by atoms with Crippen molar-refractivity contribution in [2.75, 3.05) is 30.3 Å². The maximum absolute atomic E-state index is 12.5. The lowest BCUT2D eigenvalue weighted by molar-refractivity contribution is 0.100. The highest BCUT2D eigenvalue weighted by atomic mass is 16.1. The summed E-state index contributed by atoms with van der Waals surface area (Å²) in [6, 6.07) is 14.2. The number of aliphatic imine (C=N–C) groups is 1. The lowest BCUT2D eigenvalue weighted by Crippen LogP contribution is -2.25. The summed E-state index contributed by atoms with van der Waals surface area (Å²) in [6.45, 7) is 6.94. The van der Waals surface area contributed by atoms with E-state index >= 15 is 0 Å². The SMILES string of the molecule is CC(C)CNc1cccc(Nc2ccc(C(=O)N=C3NCCN3)cc2C2CC2)c1. The lowest BCUT2D eigenvalue weighted by atomic mass is 10.0. The van der Waals surface area contributed by atoms with Crippen molar-refractivity contribution >= 4 is 28.9 Å². The minimum absolute atomic E-state index is 0.213. The van der Waals surface area contributed by atoms with Crippen LogP contribution < -0.4 is 21.3 Å². The summed E-state index contributed by atoms with van der Waals surface area (Å²) in [7, 11) is 0. The van der Waals surface area contributed by atoms with Crippen LogP contribution in [0.25, 0.3) is 0 Å². The average molecular weight is 392 g/mol. The number of hydrogen-bond donors (Lipinski definition) is 4. The second-order valence-corrected chi connectivity index (χ2v) is 8.18. The van der Waals surface area contributed by atoms with Gasteiger partial charge in [-0.15, -0.1) is 0 Å². The maximum atomic E-state index is 12.5. The molecule has 2 fully saturated rings. The summed E-state index contributed by atoms with van der Waals surface area (Å²) in [5.74, 6) is 1.46. The first-order valence-corrected chi connectivity index (χ1v) is 10.4. The van der Waals surface area contributed by atoms with Crippen LogP contribution in [0.4, 0.5) is 17.1 Å². The standard InChI is InChI=1S/C23H29N5O/c1-15(2)14-26-18-4-3-5-19(13-18)27-21-9-8-17(12-20(21)16-6-7-16)22(29)28-23-24-10-11-25-23/h3-5,8-9,12-13,15-16,26-27H,6-7,10-11,14H2,1-2H3,(H2,24,25,28,29). The van der Waals surface area contributed by atoms with Gasteiger partial charge in [0.05, 0.1) is 0 Å². The summed E-state index contributed by atoms with van der Waals surface area (Å²) < 4.78 is 0. The van der Waals surface area contributed by atoms with Crippen LogP contribution in [0, 0.1) is 5.92 Å². The predicted molar refractivity (Wildman–Crippen MR) is 119 cm³/mol. The van der Waals surface area contributed by atoms with Crippen molar-refractivity contribution in [3.8, 4) is 0 Å². The monoisotopic (exact) mass is 391 g/mol. The predicted octanol–water partition coefficient (Wildman–Crippen LogP) is 4.06. The molecule has 4 N–H and O–H groups in total. The zero-order valence-electron chi connectivity index (χ0n) is 17.1. The highest BCUT2D eigenvalue weighted by Crippen LogP contribution is 2.44. The molecule has 1 heterocycles. The largest absolute Gasteiger partial charge is 0.385 e. The van der Waals surface area contributed by atoms with E-state index in [1.807, 2.05) is 18.2 Å². The Bertz CT molecular complexity index is 909. The molecule has 2 aromatic carbocycles. The molecule has 0 bridgehead atoms. The topological polar surface area (TPSA) is 77.5 Å². The van der Waals surface area contributed by atoms with Gasteiger partial charge in [-0.2, -0.15) is 4.99 Å². The van der Waals surface area contributed by atoms with E-state index in [-0.39, 0.29) is 5.91 Å². The highest BCUT2D eigenvalue weighted by Gasteiger charge is 2.27. The summed E-state index contributed by atoms with van der Waals surface area (Å²) in [4.78, 5) is 16.7. The second kappa shape index (κ2) is 8.55. The summed E-state index contributed by atoms with van der Waals surface area (Å²) in [5.41, 5.74) is 5.04. The molecule has 1 amide bonds. The fourth-order valence-electron chi connectivity index (χ4n) is 3.40. The minimum atomic E-state index is -0.213. The van der Waals surface area contributed by atoms with Crippen molar-refractivity contribution in [1.82, 2.24) is 10.6 Å². The van der Waals surface area contributed by atoms with Crippen molar-refractivity contribution in [1.29, 1.82) is 0 Å². The van der Waals surface area contributed by atoms with Gasteiger partial charge in [0.1, 0.15) is 0 Å². The van der Waals surface area contributed by atoms with Gasteiger partial charge in [-0.05, 0) is 66.6 Å². The Morgan fingerprint density at radius 2 is 1.86 bits per heavy atom. The van der Waals surface area contributed by atoms with Crippen molar-refractivity contribution in [2.45, 2.75) is 32.6 Å². The Hall–Kier alpha value is -3.02. The molecule has 152 valence electrons. The number of benzene rings is 2. The van der Waals surface area contributed by atoms with Crippen LogP contribution in [0.2, 0.25) is 0 Å².